The van der Waals surface area contributed by atoms with E-state index in [1.807, 2.05) is 0 Å². The van der Waals surface area contributed by atoms with Crippen LogP contribution >= 0.6 is 0 Å². The molecule has 0 aliphatic rings. The van der Waals surface area contributed by atoms with E-state index < -0.39 is 30.1 Å². The number of hydrogen-bond acceptors (Lipinski definition) is 4. The van der Waals surface area contributed by atoms with E-state index in [0.29, 0.717) is 11.3 Å². The van der Waals surface area contributed by atoms with Crippen LogP contribution in [0, 0.1) is 24.6 Å². The monoisotopic (exact) mass is 414 g/mol. The molecule has 2 aromatic rings. The number of carbonyl (C=O) groups excluding carboxylic acids is 2. The molecule has 0 spiro atoms. The third-order valence-electron chi connectivity index (χ3n) is 3.85. The molecule has 7 heteroatoms. The van der Waals surface area contributed by atoms with E-state index in [9.17, 15) is 18.4 Å². The molecular formula is C23H24F2N2O3. The molecule has 1 aromatic heterocycles. The molecule has 0 saturated carbocycles. The minimum Gasteiger partial charge on any atom is -0.443 e. The standard InChI is InChI=1S/C23H24F2N2O3/c1-16-14-17(25)12-13-20(16)27(22(29)30-23(2,3)4)21(28)11-6-5-8-18-9-7-10-19(15-24)26-18/h7,9-10,12-14H,6,11,15H2,1-4H3. The maximum Gasteiger partial charge on any atom is 0.421 e. The van der Waals surface area contributed by atoms with Crippen LogP contribution in [0.15, 0.2) is 36.4 Å². The van der Waals surface area contributed by atoms with Gasteiger partial charge in [0, 0.05) is 12.8 Å². The number of benzene rings is 1. The molecule has 0 aliphatic carbocycles. The number of carbonyl (C=O) groups is 2. The lowest BCUT2D eigenvalue weighted by molar-refractivity contribution is -0.118. The number of hydrogen-bond donors (Lipinski definition) is 0. The van der Waals surface area contributed by atoms with Crippen LogP contribution < -0.4 is 4.90 Å². The predicted molar refractivity (Wildman–Crippen MR) is 110 cm³/mol. The van der Waals surface area contributed by atoms with Crippen LogP contribution in [0.2, 0.25) is 0 Å². The largest absolute Gasteiger partial charge is 0.443 e. The molecule has 1 aromatic carbocycles. The molecule has 0 bridgehead atoms. The second-order valence-corrected chi connectivity index (χ2v) is 7.59. The molecule has 0 saturated heterocycles. The SMILES string of the molecule is Cc1cc(F)ccc1N(C(=O)CCC#Cc1cccc(CF)n1)C(=O)OC(C)(C)C. The van der Waals surface area contributed by atoms with Gasteiger partial charge in [-0.05, 0) is 69.5 Å². The number of pyridine rings is 1. The van der Waals surface area contributed by atoms with Gasteiger partial charge in [0.1, 0.15) is 23.8 Å². The Morgan fingerprint density at radius 3 is 2.57 bits per heavy atom. The maximum absolute atomic E-state index is 13.5. The summed E-state index contributed by atoms with van der Waals surface area (Å²) in [6, 6.07) is 8.63. The first-order valence-corrected chi connectivity index (χ1v) is 9.43. The number of anilines is 1. The van der Waals surface area contributed by atoms with Gasteiger partial charge in [-0.2, -0.15) is 0 Å². The van der Waals surface area contributed by atoms with Crippen molar-refractivity contribution in [3.8, 4) is 11.8 Å². The lowest BCUT2D eigenvalue weighted by atomic mass is 10.1. The van der Waals surface area contributed by atoms with Crippen molar-refractivity contribution in [2.24, 2.45) is 0 Å². The van der Waals surface area contributed by atoms with Crippen LogP contribution in [0.5, 0.6) is 0 Å². The van der Waals surface area contributed by atoms with Crippen molar-refractivity contribution in [2.75, 3.05) is 4.90 Å². The Morgan fingerprint density at radius 1 is 1.20 bits per heavy atom. The fourth-order valence-corrected chi connectivity index (χ4v) is 2.57. The molecule has 2 amide bonds. The van der Waals surface area contributed by atoms with Gasteiger partial charge in [0.05, 0.1) is 11.4 Å². The van der Waals surface area contributed by atoms with E-state index in [-0.39, 0.29) is 24.2 Å². The zero-order chi connectivity index (χ0) is 22.3. The number of ether oxygens (including phenoxy) is 1. The first kappa shape index (κ1) is 23.0. The van der Waals surface area contributed by atoms with Crippen molar-refractivity contribution >= 4 is 17.7 Å². The van der Waals surface area contributed by atoms with E-state index in [1.54, 1.807) is 45.9 Å². The Labute approximate surface area is 175 Å². The van der Waals surface area contributed by atoms with Crippen LogP contribution in [-0.4, -0.2) is 22.6 Å². The summed E-state index contributed by atoms with van der Waals surface area (Å²) in [6.45, 7) is 5.99. The lowest BCUT2D eigenvalue weighted by Crippen LogP contribution is -2.41. The van der Waals surface area contributed by atoms with Crippen molar-refractivity contribution in [3.63, 3.8) is 0 Å². The van der Waals surface area contributed by atoms with E-state index in [2.05, 4.69) is 16.8 Å². The average Bonchev–Trinajstić information content (AvgIpc) is 2.66. The molecule has 0 unspecified atom stereocenters. The normalized spacial score (nSPS) is 10.7. The van der Waals surface area contributed by atoms with Crippen LogP contribution in [0.3, 0.4) is 0 Å². The molecule has 5 nitrogen and oxygen atoms in total. The molecule has 0 fully saturated rings. The minimum atomic E-state index is -0.840. The van der Waals surface area contributed by atoms with E-state index >= 15 is 0 Å². The average molecular weight is 414 g/mol. The molecule has 0 radical (unpaired) electrons. The topological polar surface area (TPSA) is 59.5 Å². The number of aromatic nitrogens is 1. The van der Waals surface area contributed by atoms with Gasteiger partial charge < -0.3 is 4.74 Å². The third kappa shape index (κ3) is 6.66. The van der Waals surface area contributed by atoms with Gasteiger partial charge in [0.25, 0.3) is 0 Å². The number of amides is 2. The third-order valence-corrected chi connectivity index (χ3v) is 3.85. The number of imide groups is 1. The summed E-state index contributed by atoms with van der Waals surface area (Å²) in [5.74, 6) is 4.58. The van der Waals surface area contributed by atoms with Crippen LogP contribution in [0.25, 0.3) is 0 Å². The van der Waals surface area contributed by atoms with Gasteiger partial charge in [-0.15, -0.1) is 0 Å². The first-order chi connectivity index (χ1) is 14.1. The zero-order valence-corrected chi connectivity index (χ0v) is 17.5. The lowest BCUT2D eigenvalue weighted by Gasteiger charge is -2.27. The fraction of sp³-hybridized carbons (Fsp3) is 0.348. The summed E-state index contributed by atoms with van der Waals surface area (Å²) < 4.78 is 31.5. The summed E-state index contributed by atoms with van der Waals surface area (Å²) in [6.07, 6.45) is -0.751. The van der Waals surface area contributed by atoms with Crippen LogP contribution in [0.4, 0.5) is 19.3 Å². The van der Waals surface area contributed by atoms with Gasteiger partial charge in [-0.1, -0.05) is 12.0 Å². The summed E-state index contributed by atoms with van der Waals surface area (Å²) >= 11 is 0. The summed E-state index contributed by atoms with van der Waals surface area (Å²) in [5, 5.41) is 0. The van der Waals surface area contributed by atoms with E-state index in [1.165, 1.54) is 18.2 Å². The molecule has 2 rings (SSSR count). The van der Waals surface area contributed by atoms with Gasteiger partial charge in [0.15, 0.2) is 0 Å². The van der Waals surface area contributed by atoms with Crippen molar-refractivity contribution in [1.29, 1.82) is 0 Å². The second kappa shape index (κ2) is 9.97. The Hall–Kier alpha value is -3.27. The highest BCUT2D eigenvalue weighted by Gasteiger charge is 2.29. The van der Waals surface area contributed by atoms with Crippen molar-refractivity contribution in [1.82, 2.24) is 4.98 Å². The number of alkyl halides is 1. The number of rotatable bonds is 4. The molecule has 0 atom stereocenters. The van der Waals surface area contributed by atoms with Crippen molar-refractivity contribution in [3.05, 3.63) is 59.2 Å². The quantitative estimate of drug-likeness (QED) is 0.653. The van der Waals surface area contributed by atoms with Crippen molar-refractivity contribution in [2.45, 2.75) is 52.8 Å². The van der Waals surface area contributed by atoms with Gasteiger partial charge >= 0.3 is 6.09 Å². The van der Waals surface area contributed by atoms with Crippen molar-refractivity contribution < 1.29 is 23.1 Å². The second-order valence-electron chi connectivity index (χ2n) is 7.59. The Kier molecular flexibility index (Phi) is 7.65. The van der Waals surface area contributed by atoms with Gasteiger partial charge in [-0.3, -0.25) is 4.79 Å². The van der Waals surface area contributed by atoms with Gasteiger partial charge in [-0.25, -0.2) is 23.5 Å². The van der Waals surface area contributed by atoms with E-state index in [4.69, 9.17) is 4.74 Å². The Bertz CT molecular complexity index is 988. The highest BCUT2D eigenvalue weighted by Crippen LogP contribution is 2.24. The number of halogens is 2. The zero-order valence-electron chi connectivity index (χ0n) is 17.5. The maximum atomic E-state index is 13.5. The molecule has 0 aliphatic heterocycles. The van der Waals surface area contributed by atoms with Crippen LogP contribution in [0.1, 0.15) is 50.6 Å². The molecular weight excluding hydrogens is 390 g/mol. The Morgan fingerprint density at radius 2 is 1.93 bits per heavy atom. The number of nitrogens with zero attached hydrogens (tertiary/aromatic N) is 2. The fourth-order valence-electron chi connectivity index (χ4n) is 2.57. The van der Waals surface area contributed by atoms with Crippen LogP contribution in [-0.2, 0) is 16.2 Å². The molecule has 1 heterocycles. The molecule has 0 N–H and O–H groups in total. The minimum absolute atomic E-state index is 0.0636. The Balaban J connectivity index is 2.18. The van der Waals surface area contributed by atoms with E-state index in [0.717, 1.165) is 4.90 Å². The number of aryl methyl sites for hydroxylation is 1. The highest BCUT2D eigenvalue weighted by atomic mass is 19.1. The molecule has 158 valence electrons. The summed E-state index contributed by atoms with van der Waals surface area (Å²) in [5.41, 5.74) is 0.543. The summed E-state index contributed by atoms with van der Waals surface area (Å²) in [4.78, 5) is 30.4. The summed E-state index contributed by atoms with van der Waals surface area (Å²) in [7, 11) is 0. The smallest absolute Gasteiger partial charge is 0.421 e. The predicted octanol–water partition coefficient (Wildman–Crippen LogP) is 5.10. The first-order valence-electron chi connectivity index (χ1n) is 9.43. The van der Waals surface area contributed by atoms with Gasteiger partial charge in [0.2, 0.25) is 5.91 Å². The highest BCUT2D eigenvalue weighted by molar-refractivity contribution is 6.12. The molecule has 30 heavy (non-hydrogen) atoms.